The molecule has 2 N–H and O–H groups in total. The minimum Gasteiger partial charge on any atom is -0.497 e. The normalized spacial score (nSPS) is 41.0. The highest BCUT2D eigenvalue weighted by Crippen LogP contribution is 2.61. The summed E-state index contributed by atoms with van der Waals surface area (Å²) in [6.07, 6.45) is 4.65. The molecule has 0 amide bonds. The van der Waals surface area contributed by atoms with Crippen molar-refractivity contribution < 1.29 is 9.84 Å². The number of rotatable bonds is 2. The first-order chi connectivity index (χ1) is 11.7. The fourth-order valence-corrected chi connectivity index (χ4v) is 6.28. The van der Waals surface area contributed by atoms with Crippen LogP contribution in [0.2, 0.25) is 0 Å². The summed E-state index contributed by atoms with van der Waals surface area (Å²) in [5.74, 6) is 1.75. The number of anilines is 1. The number of benzene rings is 1. The summed E-state index contributed by atoms with van der Waals surface area (Å²) in [5.41, 5.74) is 4.32. The number of piperidine rings is 1. The lowest BCUT2D eigenvalue weighted by atomic mass is 9.56. The lowest BCUT2D eigenvalue weighted by Crippen LogP contribution is -2.62. The highest BCUT2D eigenvalue weighted by Gasteiger charge is 2.65. The van der Waals surface area contributed by atoms with Gasteiger partial charge in [-0.25, -0.2) is 0 Å². The minimum atomic E-state index is 0.132. The number of nitrogens with one attached hydrogen (secondary N) is 1. The zero-order chi connectivity index (χ0) is 16.5. The zero-order valence-corrected chi connectivity index (χ0v) is 14.5. The second-order valence-corrected chi connectivity index (χ2v) is 7.86. The van der Waals surface area contributed by atoms with Crippen LogP contribution in [0.4, 0.5) is 5.69 Å². The molecule has 4 nitrogen and oxygen atoms in total. The van der Waals surface area contributed by atoms with Crippen LogP contribution in [0.1, 0.15) is 25.3 Å². The molecule has 0 radical (unpaired) electrons. The zero-order valence-electron chi connectivity index (χ0n) is 14.5. The monoisotopic (exact) mass is 326 g/mol. The van der Waals surface area contributed by atoms with Crippen LogP contribution >= 0.6 is 0 Å². The first-order valence-corrected chi connectivity index (χ1v) is 9.18. The standard InChI is InChI=1S/C20H26N2O2/c1-3-12-10-22-7-6-20-16-8-13(24-2)4-5-17(16)21-19(20)15(11-23)14(12)9-18(20)22/h3-5,8,14-15,18-19,21,23H,6-7,9-11H2,1-2H3. The van der Waals surface area contributed by atoms with E-state index in [4.69, 9.17) is 4.74 Å². The molecule has 128 valence electrons. The molecule has 4 heteroatoms. The number of allylic oxidation sites excluding steroid dienone is 1. The molecule has 5 rings (SSSR count). The molecule has 2 saturated heterocycles. The average molecular weight is 326 g/mol. The van der Waals surface area contributed by atoms with Gasteiger partial charge in [0.15, 0.2) is 0 Å². The summed E-state index contributed by atoms with van der Waals surface area (Å²) in [6, 6.07) is 7.36. The molecule has 3 fully saturated rings. The molecule has 1 spiro atoms. The first-order valence-electron chi connectivity index (χ1n) is 9.18. The van der Waals surface area contributed by atoms with Crippen LogP contribution in [0.25, 0.3) is 0 Å². The summed E-state index contributed by atoms with van der Waals surface area (Å²) < 4.78 is 5.51. The third-order valence-corrected chi connectivity index (χ3v) is 7.31. The van der Waals surface area contributed by atoms with E-state index in [9.17, 15) is 5.11 Å². The molecule has 2 bridgehead atoms. The van der Waals surface area contributed by atoms with Gasteiger partial charge in [-0.05, 0) is 56.0 Å². The van der Waals surface area contributed by atoms with Crippen LogP contribution in [0, 0.1) is 11.8 Å². The van der Waals surface area contributed by atoms with Gasteiger partial charge in [0.05, 0.1) is 7.11 Å². The van der Waals surface area contributed by atoms with Gasteiger partial charge in [0.2, 0.25) is 0 Å². The molecule has 1 saturated carbocycles. The van der Waals surface area contributed by atoms with E-state index in [0.717, 1.165) is 18.8 Å². The largest absolute Gasteiger partial charge is 0.497 e. The van der Waals surface area contributed by atoms with Gasteiger partial charge in [0.1, 0.15) is 5.75 Å². The van der Waals surface area contributed by atoms with Crippen molar-refractivity contribution in [2.24, 2.45) is 11.8 Å². The molecule has 0 aromatic heterocycles. The maximum atomic E-state index is 10.3. The maximum absolute atomic E-state index is 10.3. The molecule has 3 heterocycles. The fraction of sp³-hybridized carbons (Fsp3) is 0.600. The lowest BCUT2D eigenvalue weighted by molar-refractivity contribution is 0.0298. The molecule has 1 aromatic carbocycles. The third-order valence-electron chi connectivity index (χ3n) is 7.31. The van der Waals surface area contributed by atoms with Crippen LogP contribution in [0.5, 0.6) is 5.75 Å². The van der Waals surface area contributed by atoms with Gasteiger partial charge >= 0.3 is 0 Å². The van der Waals surface area contributed by atoms with Gasteiger partial charge in [0.25, 0.3) is 0 Å². The van der Waals surface area contributed by atoms with Gasteiger partial charge in [-0.15, -0.1) is 0 Å². The van der Waals surface area contributed by atoms with Crippen molar-refractivity contribution in [3.05, 3.63) is 35.4 Å². The Morgan fingerprint density at radius 3 is 3.08 bits per heavy atom. The molecule has 24 heavy (non-hydrogen) atoms. The van der Waals surface area contributed by atoms with E-state index in [2.05, 4.69) is 35.3 Å². The van der Waals surface area contributed by atoms with Crippen molar-refractivity contribution in [3.8, 4) is 5.75 Å². The summed E-state index contributed by atoms with van der Waals surface area (Å²) >= 11 is 0. The molecular weight excluding hydrogens is 300 g/mol. The van der Waals surface area contributed by atoms with E-state index in [1.807, 2.05) is 6.07 Å². The van der Waals surface area contributed by atoms with E-state index in [0.29, 0.717) is 23.9 Å². The van der Waals surface area contributed by atoms with Gasteiger partial charge in [0, 0.05) is 42.3 Å². The van der Waals surface area contributed by atoms with Crippen molar-refractivity contribution >= 4 is 5.69 Å². The average Bonchev–Trinajstić information content (AvgIpc) is 3.17. The third kappa shape index (κ3) is 1.61. The molecule has 1 aliphatic carbocycles. The van der Waals surface area contributed by atoms with Gasteiger partial charge < -0.3 is 15.2 Å². The van der Waals surface area contributed by atoms with E-state index >= 15 is 0 Å². The van der Waals surface area contributed by atoms with Gasteiger partial charge in [-0.2, -0.15) is 0 Å². The molecule has 4 aliphatic rings. The van der Waals surface area contributed by atoms with Crippen LogP contribution < -0.4 is 10.1 Å². The summed E-state index contributed by atoms with van der Waals surface area (Å²) in [6.45, 7) is 4.65. The fourth-order valence-electron chi connectivity index (χ4n) is 6.28. The van der Waals surface area contributed by atoms with Crippen molar-refractivity contribution in [1.29, 1.82) is 0 Å². The van der Waals surface area contributed by atoms with Crippen molar-refractivity contribution in [3.63, 3.8) is 0 Å². The number of aliphatic hydroxyl groups excluding tert-OH is 1. The van der Waals surface area contributed by atoms with Gasteiger partial charge in [-0.1, -0.05) is 11.6 Å². The summed E-state index contributed by atoms with van der Waals surface area (Å²) in [4.78, 5) is 2.68. The highest BCUT2D eigenvalue weighted by atomic mass is 16.5. The quantitative estimate of drug-likeness (QED) is 0.819. The number of hydrogen-bond donors (Lipinski definition) is 2. The Labute approximate surface area is 143 Å². The van der Waals surface area contributed by atoms with Gasteiger partial charge in [-0.3, -0.25) is 4.90 Å². The topological polar surface area (TPSA) is 44.7 Å². The minimum absolute atomic E-state index is 0.132. The van der Waals surface area contributed by atoms with Crippen LogP contribution in [0.15, 0.2) is 29.8 Å². The second kappa shape index (κ2) is 4.99. The molecule has 5 unspecified atom stereocenters. The van der Waals surface area contributed by atoms with E-state index in [1.165, 1.54) is 29.7 Å². The van der Waals surface area contributed by atoms with E-state index in [-0.39, 0.29) is 12.0 Å². The Bertz CT molecular complexity index is 716. The summed E-state index contributed by atoms with van der Waals surface area (Å²) in [5, 5.41) is 14.1. The number of fused-ring (bicyclic) bond motifs is 2. The number of nitrogens with zero attached hydrogens (tertiary/aromatic N) is 1. The number of aliphatic hydroxyl groups is 1. The predicted octanol–water partition coefficient (Wildman–Crippen LogP) is 2.39. The van der Waals surface area contributed by atoms with Crippen molar-refractivity contribution in [2.75, 3.05) is 32.1 Å². The lowest BCUT2D eigenvalue weighted by Gasteiger charge is -2.54. The SMILES string of the molecule is CC=C1CN2CCC34c5cc(OC)ccc5NC3C(CO)C1CC24. The van der Waals surface area contributed by atoms with E-state index in [1.54, 1.807) is 7.11 Å². The summed E-state index contributed by atoms with van der Waals surface area (Å²) in [7, 11) is 1.74. The smallest absolute Gasteiger partial charge is 0.119 e. The second-order valence-electron chi connectivity index (χ2n) is 7.86. The number of hydrogen-bond acceptors (Lipinski definition) is 4. The first kappa shape index (κ1) is 14.8. The number of ether oxygens (including phenoxy) is 1. The predicted molar refractivity (Wildman–Crippen MR) is 94.5 cm³/mol. The van der Waals surface area contributed by atoms with Crippen LogP contribution in [0.3, 0.4) is 0 Å². The molecular formula is C20H26N2O2. The highest BCUT2D eigenvalue weighted by molar-refractivity contribution is 5.66. The Kier molecular flexibility index (Phi) is 3.08. The van der Waals surface area contributed by atoms with Crippen LogP contribution in [-0.2, 0) is 5.41 Å². The van der Waals surface area contributed by atoms with Crippen molar-refractivity contribution in [1.82, 2.24) is 4.90 Å². The maximum Gasteiger partial charge on any atom is 0.119 e. The Morgan fingerprint density at radius 2 is 2.33 bits per heavy atom. The molecule has 1 aromatic rings. The Morgan fingerprint density at radius 1 is 1.46 bits per heavy atom. The molecule has 3 aliphatic heterocycles. The molecule has 5 atom stereocenters. The number of methoxy groups -OCH3 is 1. The van der Waals surface area contributed by atoms with Crippen molar-refractivity contribution in [2.45, 2.75) is 37.3 Å². The van der Waals surface area contributed by atoms with E-state index < -0.39 is 0 Å². The Hall–Kier alpha value is -1.52. The Balaban J connectivity index is 1.69. The van der Waals surface area contributed by atoms with Crippen LogP contribution in [-0.4, -0.2) is 48.9 Å².